The van der Waals surface area contributed by atoms with Gasteiger partial charge in [-0.15, -0.1) is 0 Å². The SMILES string of the molecule is CC(OC1=CCCCCC1)C(F)(F)C(O)O. The van der Waals surface area contributed by atoms with Gasteiger partial charge in [-0.25, -0.2) is 0 Å². The Bertz CT molecular complexity index is 252. The van der Waals surface area contributed by atoms with Gasteiger partial charge in [-0.3, -0.25) is 0 Å². The first-order chi connectivity index (χ1) is 7.44. The van der Waals surface area contributed by atoms with Gasteiger partial charge in [0.1, 0.15) is 0 Å². The molecule has 3 nitrogen and oxygen atoms in total. The monoisotopic (exact) mass is 236 g/mol. The number of rotatable bonds is 4. The third kappa shape index (κ3) is 3.42. The molecule has 1 aliphatic carbocycles. The normalized spacial score (nSPS) is 20.2. The van der Waals surface area contributed by atoms with E-state index >= 15 is 0 Å². The van der Waals surface area contributed by atoms with Crippen LogP contribution in [0.2, 0.25) is 0 Å². The molecule has 16 heavy (non-hydrogen) atoms. The lowest BCUT2D eigenvalue weighted by Crippen LogP contribution is -2.44. The summed E-state index contributed by atoms with van der Waals surface area (Å²) >= 11 is 0. The number of hydrogen-bond donors (Lipinski definition) is 2. The Morgan fingerprint density at radius 1 is 1.31 bits per heavy atom. The zero-order chi connectivity index (χ0) is 12.2. The number of alkyl halides is 2. The van der Waals surface area contributed by atoms with Crippen molar-refractivity contribution in [3.8, 4) is 0 Å². The quantitative estimate of drug-likeness (QED) is 0.735. The highest BCUT2D eigenvalue weighted by molar-refractivity contribution is 4.97. The van der Waals surface area contributed by atoms with Gasteiger partial charge < -0.3 is 14.9 Å². The van der Waals surface area contributed by atoms with Crippen LogP contribution in [0.4, 0.5) is 8.78 Å². The van der Waals surface area contributed by atoms with Gasteiger partial charge >= 0.3 is 5.92 Å². The van der Waals surface area contributed by atoms with Gasteiger partial charge in [0.05, 0.1) is 5.76 Å². The third-order valence-corrected chi connectivity index (χ3v) is 2.71. The smallest absolute Gasteiger partial charge is 0.332 e. The molecule has 0 bridgehead atoms. The number of ether oxygens (including phenoxy) is 1. The molecule has 0 fully saturated rings. The highest BCUT2D eigenvalue weighted by atomic mass is 19.3. The van der Waals surface area contributed by atoms with E-state index in [9.17, 15) is 8.78 Å². The van der Waals surface area contributed by atoms with E-state index in [-0.39, 0.29) is 0 Å². The van der Waals surface area contributed by atoms with Crippen LogP contribution in [0.3, 0.4) is 0 Å². The Balaban J connectivity index is 2.55. The first-order valence-corrected chi connectivity index (χ1v) is 5.54. The summed E-state index contributed by atoms with van der Waals surface area (Å²) in [5.74, 6) is -3.11. The van der Waals surface area contributed by atoms with Gasteiger partial charge in [-0.2, -0.15) is 8.78 Å². The molecule has 1 unspecified atom stereocenters. The van der Waals surface area contributed by atoms with E-state index in [1.165, 1.54) is 0 Å². The highest BCUT2D eigenvalue weighted by Gasteiger charge is 2.45. The average Bonchev–Trinajstić information content (AvgIpc) is 2.46. The molecule has 0 saturated carbocycles. The van der Waals surface area contributed by atoms with E-state index in [2.05, 4.69) is 0 Å². The van der Waals surface area contributed by atoms with Gasteiger partial charge in [0.2, 0.25) is 6.29 Å². The molecule has 0 spiro atoms. The van der Waals surface area contributed by atoms with Crippen molar-refractivity contribution in [1.29, 1.82) is 0 Å². The Morgan fingerprint density at radius 3 is 2.62 bits per heavy atom. The predicted octanol–water partition coefficient (Wildman–Crippen LogP) is 2.19. The van der Waals surface area contributed by atoms with Crippen molar-refractivity contribution < 1.29 is 23.7 Å². The lowest BCUT2D eigenvalue weighted by molar-refractivity contribution is -0.248. The van der Waals surface area contributed by atoms with Crippen molar-refractivity contribution in [3.05, 3.63) is 11.8 Å². The molecular formula is C11H18F2O3. The number of halogens is 2. The molecule has 94 valence electrons. The summed E-state index contributed by atoms with van der Waals surface area (Å²) in [7, 11) is 0. The second kappa shape index (κ2) is 5.59. The molecule has 0 aromatic heterocycles. The molecule has 0 aromatic carbocycles. The molecule has 0 radical (unpaired) electrons. The summed E-state index contributed by atoms with van der Waals surface area (Å²) in [6.07, 6.45) is 2.09. The van der Waals surface area contributed by atoms with E-state index in [1.54, 1.807) is 0 Å². The maximum atomic E-state index is 13.1. The van der Waals surface area contributed by atoms with Crippen molar-refractivity contribution in [2.45, 2.75) is 57.3 Å². The topological polar surface area (TPSA) is 49.7 Å². The van der Waals surface area contributed by atoms with Crippen molar-refractivity contribution in [3.63, 3.8) is 0 Å². The Morgan fingerprint density at radius 2 is 2.00 bits per heavy atom. The van der Waals surface area contributed by atoms with Crippen LogP contribution in [0.15, 0.2) is 11.8 Å². The maximum absolute atomic E-state index is 13.1. The molecule has 0 saturated heterocycles. The van der Waals surface area contributed by atoms with Crippen molar-refractivity contribution >= 4 is 0 Å². The van der Waals surface area contributed by atoms with Crippen LogP contribution in [-0.4, -0.2) is 28.5 Å². The van der Waals surface area contributed by atoms with E-state index < -0.39 is 18.3 Å². The molecule has 2 N–H and O–H groups in total. The summed E-state index contributed by atoms with van der Waals surface area (Å²) in [4.78, 5) is 0. The predicted molar refractivity (Wildman–Crippen MR) is 54.9 cm³/mol. The Kier molecular flexibility index (Phi) is 4.68. The van der Waals surface area contributed by atoms with Crippen LogP contribution in [0.1, 0.15) is 39.0 Å². The van der Waals surface area contributed by atoms with Crippen molar-refractivity contribution in [2.24, 2.45) is 0 Å². The second-order valence-corrected chi connectivity index (χ2v) is 4.08. The molecule has 0 amide bonds. The summed E-state index contributed by atoms with van der Waals surface area (Å²) < 4.78 is 31.4. The number of aliphatic hydroxyl groups is 2. The van der Waals surface area contributed by atoms with Crippen LogP contribution in [0, 0.1) is 0 Å². The Labute approximate surface area is 93.7 Å². The van der Waals surface area contributed by atoms with E-state index in [4.69, 9.17) is 14.9 Å². The Hall–Kier alpha value is -0.680. The minimum absolute atomic E-state index is 0.533. The minimum atomic E-state index is -3.65. The fraction of sp³-hybridized carbons (Fsp3) is 0.818. The molecule has 1 rings (SSSR count). The van der Waals surface area contributed by atoms with E-state index in [0.29, 0.717) is 12.2 Å². The van der Waals surface area contributed by atoms with Crippen LogP contribution < -0.4 is 0 Å². The first-order valence-electron chi connectivity index (χ1n) is 5.54. The number of allylic oxidation sites excluding steroid dienone is 2. The largest absolute Gasteiger partial charge is 0.489 e. The van der Waals surface area contributed by atoms with Crippen LogP contribution in [0.5, 0.6) is 0 Å². The zero-order valence-electron chi connectivity index (χ0n) is 9.33. The van der Waals surface area contributed by atoms with E-state index in [1.807, 2.05) is 6.08 Å². The molecule has 5 heteroatoms. The second-order valence-electron chi connectivity index (χ2n) is 4.08. The summed E-state index contributed by atoms with van der Waals surface area (Å²) in [5, 5.41) is 17.1. The summed E-state index contributed by atoms with van der Waals surface area (Å²) in [5.41, 5.74) is 0. The molecule has 0 aliphatic heterocycles. The van der Waals surface area contributed by atoms with Gasteiger partial charge in [0, 0.05) is 6.42 Å². The van der Waals surface area contributed by atoms with Gasteiger partial charge in [-0.05, 0) is 32.3 Å². The molecule has 0 aromatic rings. The summed E-state index contributed by atoms with van der Waals surface area (Å²) in [6, 6.07) is 0. The van der Waals surface area contributed by atoms with Crippen molar-refractivity contribution in [2.75, 3.05) is 0 Å². The standard InChI is InChI=1S/C11H18F2O3/c1-8(11(12,13)10(14)15)16-9-6-4-2-3-5-7-9/h6,8,10,14-15H,2-5,7H2,1H3. The third-order valence-electron chi connectivity index (χ3n) is 2.71. The van der Waals surface area contributed by atoms with Gasteiger partial charge in [0.15, 0.2) is 6.10 Å². The van der Waals surface area contributed by atoms with Crippen LogP contribution in [-0.2, 0) is 4.74 Å². The summed E-state index contributed by atoms with van der Waals surface area (Å²) in [6.45, 7) is 1.14. The molecule has 0 heterocycles. The van der Waals surface area contributed by atoms with Gasteiger partial charge in [-0.1, -0.05) is 6.42 Å². The van der Waals surface area contributed by atoms with Crippen LogP contribution >= 0.6 is 0 Å². The molecule has 1 aliphatic rings. The zero-order valence-corrected chi connectivity index (χ0v) is 9.33. The minimum Gasteiger partial charge on any atom is -0.489 e. The molecule has 1 atom stereocenters. The van der Waals surface area contributed by atoms with Gasteiger partial charge in [0.25, 0.3) is 0 Å². The fourth-order valence-corrected chi connectivity index (χ4v) is 1.61. The number of hydrogen-bond acceptors (Lipinski definition) is 3. The van der Waals surface area contributed by atoms with E-state index in [0.717, 1.165) is 32.6 Å². The molecular weight excluding hydrogens is 218 g/mol. The van der Waals surface area contributed by atoms with Crippen molar-refractivity contribution in [1.82, 2.24) is 0 Å². The maximum Gasteiger partial charge on any atom is 0.332 e. The lowest BCUT2D eigenvalue weighted by Gasteiger charge is -2.26. The number of aliphatic hydroxyl groups excluding tert-OH is 1. The lowest BCUT2D eigenvalue weighted by atomic mass is 10.2. The van der Waals surface area contributed by atoms with Crippen LogP contribution in [0.25, 0.3) is 0 Å². The fourth-order valence-electron chi connectivity index (χ4n) is 1.61. The first kappa shape index (κ1) is 13.4. The average molecular weight is 236 g/mol. The highest BCUT2D eigenvalue weighted by Crippen LogP contribution is 2.28.